The van der Waals surface area contributed by atoms with Gasteiger partial charge >= 0.3 is 5.97 Å². The maximum Gasteiger partial charge on any atom is 0.309 e. The molecular formula is C18H23NO3. The fraction of sp³-hybridized carbons (Fsp3) is 0.389. The van der Waals surface area contributed by atoms with Crippen LogP contribution in [-0.4, -0.2) is 17.6 Å². The molecule has 0 radical (unpaired) electrons. The number of carboxylic acid groups (broad SMARTS) is 1. The molecule has 0 aliphatic carbocycles. The summed E-state index contributed by atoms with van der Waals surface area (Å²) in [7, 11) is 0. The average molecular weight is 301 g/mol. The molecule has 1 aromatic carbocycles. The van der Waals surface area contributed by atoms with Crippen LogP contribution in [0, 0.1) is 12.3 Å². The quantitative estimate of drug-likeness (QED) is 0.763. The Balaban J connectivity index is 1.85. The number of furan rings is 1. The molecule has 22 heavy (non-hydrogen) atoms. The van der Waals surface area contributed by atoms with Crippen molar-refractivity contribution in [3.8, 4) is 11.3 Å². The van der Waals surface area contributed by atoms with E-state index in [0.29, 0.717) is 19.5 Å². The number of benzene rings is 1. The second-order valence-electron chi connectivity index (χ2n) is 6.25. The van der Waals surface area contributed by atoms with Crippen LogP contribution in [0.25, 0.3) is 11.3 Å². The Bertz CT molecular complexity index is 626. The lowest BCUT2D eigenvalue weighted by atomic mass is 9.90. The van der Waals surface area contributed by atoms with Crippen molar-refractivity contribution in [3.63, 3.8) is 0 Å². The highest BCUT2D eigenvalue weighted by Crippen LogP contribution is 2.23. The van der Waals surface area contributed by atoms with E-state index in [1.54, 1.807) is 13.8 Å². The maximum atomic E-state index is 11.0. The van der Waals surface area contributed by atoms with Crippen molar-refractivity contribution in [1.29, 1.82) is 0 Å². The highest BCUT2D eigenvalue weighted by molar-refractivity contribution is 5.73. The Morgan fingerprint density at radius 3 is 2.50 bits per heavy atom. The summed E-state index contributed by atoms with van der Waals surface area (Å²) in [6.07, 6.45) is 0.577. The Labute approximate surface area is 131 Å². The number of aryl methyl sites for hydroxylation is 1. The van der Waals surface area contributed by atoms with Crippen LogP contribution in [0.3, 0.4) is 0 Å². The van der Waals surface area contributed by atoms with Crippen LogP contribution in [0.5, 0.6) is 0 Å². The molecule has 2 rings (SSSR count). The molecule has 0 aliphatic rings. The molecule has 0 amide bonds. The summed E-state index contributed by atoms with van der Waals surface area (Å²) in [6.45, 7) is 6.76. The van der Waals surface area contributed by atoms with Gasteiger partial charge in [0.05, 0.1) is 12.0 Å². The largest absolute Gasteiger partial charge is 0.481 e. The number of hydrogen-bond acceptors (Lipinski definition) is 3. The van der Waals surface area contributed by atoms with Gasteiger partial charge in [0, 0.05) is 5.56 Å². The Morgan fingerprint density at radius 2 is 1.86 bits per heavy atom. The number of rotatable bonds is 7. The zero-order valence-electron chi connectivity index (χ0n) is 13.3. The SMILES string of the molecule is Cc1ccc(-c2ccc(CNCCC(C)(C)C(=O)O)o2)cc1. The molecule has 0 saturated carbocycles. The maximum absolute atomic E-state index is 11.0. The van der Waals surface area contributed by atoms with Gasteiger partial charge in [-0.15, -0.1) is 0 Å². The molecule has 0 unspecified atom stereocenters. The standard InChI is InChI=1S/C18H23NO3/c1-13-4-6-14(7-5-13)16-9-8-15(22-16)12-19-11-10-18(2,3)17(20)21/h4-9,19H,10-12H2,1-3H3,(H,20,21). The van der Waals surface area contributed by atoms with Gasteiger partial charge in [-0.1, -0.05) is 29.8 Å². The highest BCUT2D eigenvalue weighted by Gasteiger charge is 2.26. The lowest BCUT2D eigenvalue weighted by Gasteiger charge is -2.18. The predicted molar refractivity (Wildman–Crippen MR) is 86.6 cm³/mol. The first-order chi connectivity index (χ1) is 10.4. The van der Waals surface area contributed by atoms with Gasteiger partial charge in [-0.2, -0.15) is 0 Å². The third-order valence-electron chi connectivity index (χ3n) is 3.80. The Morgan fingerprint density at radius 1 is 1.18 bits per heavy atom. The summed E-state index contributed by atoms with van der Waals surface area (Å²) in [6, 6.07) is 12.1. The minimum absolute atomic E-state index is 0.577. The number of nitrogens with one attached hydrogen (secondary N) is 1. The molecule has 0 aliphatic heterocycles. The molecule has 1 aromatic heterocycles. The second kappa shape index (κ2) is 6.79. The molecule has 0 atom stereocenters. The number of carbonyl (C=O) groups is 1. The molecule has 2 N–H and O–H groups in total. The van der Waals surface area contributed by atoms with Crippen molar-refractivity contribution in [2.75, 3.05) is 6.54 Å². The minimum Gasteiger partial charge on any atom is -0.481 e. The van der Waals surface area contributed by atoms with Crippen LogP contribution in [0.1, 0.15) is 31.6 Å². The summed E-state index contributed by atoms with van der Waals surface area (Å²) in [5, 5.41) is 12.3. The number of aliphatic carboxylic acids is 1. The molecule has 0 spiro atoms. The van der Waals surface area contributed by atoms with Crippen LogP contribution in [0.15, 0.2) is 40.8 Å². The van der Waals surface area contributed by atoms with Gasteiger partial charge in [0.15, 0.2) is 0 Å². The van der Waals surface area contributed by atoms with Crippen molar-refractivity contribution in [3.05, 3.63) is 47.7 Å². The molecule has 1 heterocycles. The summed E-state index contributed by atoms with van der Waals surface area (Å²) in [5.41, 5.74) is 1.57. The van der Waals surface area contributed by atoms with Crippen molar-refractivity contribution in [2.24, 2.45) is 5.41 Å². The lowest BCUT2D eigenvalue weighted by Crippen LogP contribution is -2.28. The van der Waals surface area contributed by atoms with E-state index in [9.17, 15) is 4.79 Å². The molecule has 0 bridgehead atoms. The van der Waals surface area contributed by atoms with Gasteiger partial charge in [-0.3, -0.25) is 4.79 Å². The zero-order valence-corrected chi connectivity index (χ0v) is 13.3. The van der Waals surface area contributed by atoms with E-state index >= 15 is 0 Å². The van der Waals surface area contributed by atoms with Crippen molar-refractivity contribution in [2.45, 2.75) is 33.7 Å². The van der Waals surface area contributed by atoms with Crippen LogP contribution in [0.2, 0.25) is 0 Å². The van der Waals surface area contributed by atoms with Crippen LogP contribution in [-0.2, 0) is 11.3 Å². The fourth-order valence-electron chi connectivity index (χ4n) is 2.07. The second-order valence-corrected chi connectivity index (χ2v) is 6.25. The van der Waals surface area contributed by atoms with Gasteiger partial charge < -0.3 is 14.8 Å². The first kappa shape index (κ1) is 16.3. The summed E-state index contributed by atoms with van der Waals surface area (Å²) in [5.74, 6) is 0.931. The van der Waals surface area contributed by atoms with E-state index in [2.05, 4.69) is 24.4 Å². The summed E-state index contributed by atoms with van der Waals surface area (Å²) in [4.78, 5) is 11.0. The number of carboxylic acids is 1. The van der Waals surface area contributed by atoms with E-state index in [4.69, 9.17) is 9.52 Å². The van der Waals surface area contributed by atoms with Crippen LogP contribution in [0.4, 0.5) is 0 Å². The topological polar surface area (TPSA) is 62.5 Å². The van der Waals surface area contributed by atoms with E-state index in [1.165, 1.54) is 5.56 Å². The van der Waals surface area contributed by atoms with E-state index in [-0.39, 0.29) is 0 Å². The number of hydrogen-bond donors (Lipinski definition) is 2. The van der Waals surface area contributed by atoms with Gasteiger partial charge in [0.2, 0.25) is 0 Å². The molecule has 4 heteroatoms. The van der Waals surface area contributed by atoms with Gasteiger partial charge in [-0.25, -0.2) is 0 Å². The summed E-state index contributed by atoms with van der Waals surface area (Å²) < 4.78 is 5.81. The normalized spacial score (nSPS) is 11.6. The zero-order chi connectivity index (χ0) is 16.2. The van der Waals surface area contributed by atoms with Crippen molar-refractivity contribution >= 4 is 5.97 Å². The Hall–Kier alpha value is -2.07. The molecule has 0 fully saturated rings. The molecule has 0 saturated heterocycles. The van der Waals surface area contributed by atoms with Crippen molar-refractivity contribution in [1.82, 2.24) is 5.32 Å². The smallest absolute Gasteiger partial charge is 0.309 e. The van der Waals surface area contributed by atoms with E-state index in [1.807, 2.05) is 24.3 Å². The Kier molecular flexibility index (Phi) is 5.03. The molecular weight excluding hydrogens is 278 g/mol. The van der Waals surface area contributed by atoms with E-state index in [0.717, 1.165) is 17.1 Å². The van der Waals surface area contributed by atoms with Crippen molar-refractivity contribution < 1.29 is 14.3 Å². The van der Waals surface area contributed by atoms with Crippen LogP contribution >= 0.6 is 0 Å². The first-order valence-electron chi connectivity index (χ1n) is 7.48. The van der Waals surface area contributed by atoms with Gasteiger partial charge in [-0.05, 0) is 45.9 Å². The highest BCUT2D eigenvalue weighted by atomic mass is 16.4. The lowest BCUT2D eigenvalue weighted by molar-refractivity contribution is -0.147. The third kappa shape index (κ3) is 4.21. The van der Waals surface area contributed by atoms with Gasteiger partial charge in [0.1, 0.15) is 11.5 Å². The molecule has 4 nitrogen and oxygen atoms in total. The van der Waals surface area contributed by atoms with Gasteiger partial charge in [0.25, 0.3) is 0 Å². The average Bonchev–Trinajstić information content (AvgIpc) is 2.93. The third-order valence-corrected chi connectivity index (χ3v) is 3.80. The monoisotopic (exact) mass is 301 g/mol. The fourth-order valence-corrected chi connectivity index (χ4v) is 2.07. The van der Waals surface area contributed by atoms with E-state index < -0.39 is 11.4 Å². The minimum atomic E-state index is -0.769. The van der Waals surface area contributed by atoms with Crippen LogP contribution < -0.4 is 5.32 Å². The first-order valence-corrected chi connectivity index (χ1v) is 7.48. The summed E-state index contributed by atoms with van der Waals surface area (Å²) >= 11 is 0. The predicted octanol–water partition coefficient (Wildman–Crippen LogP) is 3.85. The molecule has 118 valence electrons. The molecule has 2 aromatic rings.